The van der Waals surface area contributed by atoms with Crippen molar-refractivity contribution in [2.24, 2.45) is 23.2 Å². The largest absolute Gasteiger partial charge is 0.387 e. The molecule has 4 bridgehead atoms. The van der Waals surface area contributed by atoms with E-state index in [1.54, 1.807) is 0 Å². The van der Waals surface area contributed by atoms with Crippen molar-refractivity contribution in [3.63, 3.8) is 0 Å². The number of benzene rings is 1. The lowest BCUT2D eigenvalue weighted by atomic mass is 9.48. The summed E-state index contributed by atoms with van der Waals surface area (Å²) in [5.74, 6) is 1.81. The van der Waals surface area contributed by atoms with Gasteiger partial charge in [-0.1, -0.05) is 11.6 Å². The van der Waals surface area contributed by atoms with E-state index in [-0.39, 0.29) is 33.4 Å². The molecule has 0 heterocycles. The molecule has 0 saturated heterocycles. The number of amides is 1. The highest BCUT2D eigenvalue weighted by Gasteiger charge is 2.53. The summed E-state index contributed by atoms with van der Waals surface area (Å²) in [5, 5.41) is 26.4. The Bertz CT molecular complexity index is 917. The first kappa shape index (κ1) is 20.7. The summed E-state index contributed by atoms with van der Waals surface area (Å²) < 4.78 is 0. The molecule has 8 heteroatoms. The van der Waals surface area contributed by atoms with Gasteiger partial charge in [0.2, 0.25) is 0 Å². The Balaban J connectivity index is 1.45. The average Bonchev–Trinajstić information content (AvgIpc) is 2.68. The minimum absolute atomic E-state index is 0.0887. The van der Waals surface area contributed by atoms with Crippen LogP contribution in [-0.4, -0.2) is 16.9 Å². The number of hydrogen-bond acceptors (Lipinski definition) is 5. The van der Waals surface area contributed by atoms with E-state index in [2.05, 4.69) is 17.6 Å². The number of nitro groups is 1. The number of anilines is 1. The van der Waals surface area contributed by atoms with Gasteiger partial charge in [-0.05, 0) is 74.7 Å². The fourth-order valence-corrected chi connectivity index (χ4v) is 6.32. The molecule has 5 rings (SSSR count). The second kappa shape index (κ2) is 7.92. The zero-order chi connectivity index (χ0) is 21.5. The Morgan fingerprint density at radius 1 is 1.30 bits per heavy atom. The van der Waals surface area contributed by atoms with Crippen molar-refractivity contribution < 1.29 is 9.72 Å². The molecule has 0 aliphatic heterocycles. The van der Waals surface area contributed by atoms with Crippen LogP contribution in [0, 0.1) is 44.6 Å². The molecular weight excluding hydrogens is 404 g/mol. The van der Waals surface area contributed by atoms with Gasteiger partial charge in [-0.3, -0.25) is 14.9 Å². The number of nitriles is 1. The van der Waals surface area contributed by atoms with Crippen LogP contribution in [0.1, 0.15) is 45.4 Å². The monoisotopic (exact) mass is 428 g/mol. The van der Waals surface area contributed by atoms with Crippen LogP contribution in [0.2, 0.25) is 5.02 Å². The Morgan fingerprint density at radius 3 is 2.43 bits per heavy atom. The number of carbonyl (C=O) groups is 1. The third kappa shape index (κ3) is 3.89. The first-order chi connectivity index (χ1) is 14.3. The number of nitrogens with one attached hydrogen (secondary N) is 2. The number of carbonyl (C=O) groups excluding carboxylic acids is 1. The van der Waals surface area contributed by atoms with Crippen LogP contribution >= 0.6 is 11.6 Å². The topological polar surface area (TPSA) is 108 Å². The minimum Gasteiger partial charge on any atom is -0.387 e. The SMILES string of the molecule is CC(N/C=C(/C#N)C(=O)Nc1cc([N+](=O)[O-])ccc1Cl)C12CC3CC(CC(C3)C1)C2. The van der Waals surface area contributed by atoms with E-state index in [0.29, 0.717) is 0 Å². The molecule has 7 nitrogen and oxygen atoms in total. The van der Waals surface area contributed by atoms with Crippen molar-refractivity contribution >= 4 is 28.9 Å². The van der Waals surface area contributed by atoms with Gasteiger partial charge < -0.3 is 10.6 Å². The van der Waals surface area contributed by atoms with E-state index < -0.39 is 10.8 Å². The zero-order valence-corrected chi connectivity index (χ0v) is 17.6. The maximum atomic E-state index is 12.6. The summed E-state index contributed by atoms with van der Waals surface area (Å²) in [5.41, 5.74) is 0.0668. The molecule has 30 heavy (non-hydrogen) atoms. The van der Waals surface area contributed by atoms with E-state index >= 15 is 0 Å². The highest BCUT2D eigenvalue weighted by molar-refractivity contribution is 6.34. The molecular formula is C22H25ClN4O3. The maximum absolute atomic E-state index is 12.6. The maximum Gasteiger partial charge on any atom is 0.271 e. The first-order valence-electron chi connectivity index (χ1n) is 10.4. The van der Waals surface area contributed by atoms with Gasteiger partial charge in [-0.25, -0.2) is 0 Å². The minimum atomic E-state index is -0.648. The first-order valence-corrected chi connectivity index (χ1v) is 10.8. The molecule has 1 aromatic rings. The van der Waals surface area contributed by atoms with Crippen LogP contribution in [0.3, 0.4) is 0 Å². The molecule has 1 amide bonds. The lowest BCUT2D eigenvalue weighted by molar-refractivity contribution is -0.384. The summed E-state index contributed by atoms with van der Waals surface area (Å²) in [7, 11) is 0. The van der Waals surface area contributed by atoms with E-state index in [9.17, 15) is 20.2 Å². The van der Waals surface area contributed by atoms with Crippen molar-refractivity contribution in [2.75, 3.05) is 5.32 Å². The Hall–Kier alpha value is -2.59. The fourth-order valence-electron chi connectivity index (χ4n) is 6.15. The molecule has 4 aliphatic carbocycles. The number of nitrogens with zero attached hydrogens (tertiary/aromatic N) is 2. The van der Waals surface area contributed by atoms with E-state index in [0.717, 1.165) is 17.8 Å². The molecule has 4 aliphatic rings. The second-order valence-electron chi connectivity index (χ2n) is 9.21. The van der Waals surface area contributed by atoms with E-state index in [1.807, 2.05) is 6.07 Å². The molecule has 158 valence electrons. The van der Waals surface area contributed by atoms with E-state index in [4.69, 9.17) is 11.6 Å². The van der Waals surface area contributed by atoms with Gasteiger partial charge in [0.15, 0.2) is 0 Å². The van der Waals surface area contributed by atoms with E-state index in [1.165, 1.54) is 62.9 Å². The summed E-state index contributed by atoms with van der Waals surface area (Å²) in [6.07, 6.45) is 9.21. The van der Waals surface area contributed by atoms with Crippen LogP contribution in [0.5, 0.6) is 0 Å². The van der Waals surface area contributed by atoms with Crippen LogP contribution in [0.4, 0.5) is 11.4 Å². The third-order valence-electron chi connectivity index (χ3n) is 7.26. The van der Waals surface area contributed by atoms with Crippen molar-refractivity contribution in [2.45, 2.75) is 51.5 Å². The number of nitro benzene ring substituents is 1. The third-order valence-corrected chi connectivity index (χ3v) is 7.59. The summed E-state index contributed by atoms with van der Waals surface area (Å²) >= 11 is 6.04. The van der Waals surface area contributed by atoms with Gasteiger partial charge >= 0.3 is 0 Å². The molecule has 1 unspecified atom stereocenters. The Morgan fingerprint density at radius 2 is 1.90 bits per heavy atom. The molecule has 4 saturated carbocycles. The molecule has 0 aromatic heterocycles. The van der Waals surface area contributed by atoms with Crippen LogP contribution < -0.4 is 10.6 Å². The van der Waals surface area contributed by atoms with Crippen molar-refractivity contribution in [1.82, 2.24) is 5.32 Å². The zero-order valence-electron chi connectivity index (χ0n) is 16.9. The molecule has 0 radical (unpaired) electrons. The smallest absolute Gasteiger partial charge is 0.271 e. The highest BCUT2D eigenvalue weighted by atomic mass is 35.5. The van der Waals surface area contributed by atoms with Crippen molar-refractivity contribution in [1.29, 1.82) is 5.26 Å². The number of non-ortho nitro benzene ring substituents is 1. The molecule has 0 spiro atoms. The predicted octanol–water partition coefficient (Wildman–Crippen LogP) is 4.79. The van der Waals surface area contributed by atoms with Gasteiger partial charge in [0.05, 0.1) is 15.6 Å². The number of halogens is 1. The molecule has 4 fully saturated rings. The predicted molar refractivity (Wildman–Crippen MR) is 114 cm³/mol. The molecule has 2 N–H and O–H groups in total. The van der Waals surface area contributed by atoms with Gasteiger partial charge in [0.1, 0.15) is 11.6 Å². The lowest BCUT2D eigenvalue weighted by Crippen LogP contribution is -2.54. The van der Waals surface area contributed by atoms with Gasteiger partial charge in [0, 0.05) is 24.4 Å². The van der Waals surface area contributed by atoms with Gasteiger partial charge in [-0.2, -0.15) is 5.26 Å². The van der Waals surface area contributed by atoms with Crippen LogP contribution in [0.15, 0.2) is 30.0 Å². The standard InChI is InChI=1S/C22H25ClN4O3/c1-13(22-8-14-4-15(9-22)6-16(5-14)10-22)25-12-17(11-24)21(28)26-20-7-18(27(29)30)2-3-19(20)23/h2-3,7,12-16,25H,4-6,8-10H2,1H3,(H,26,28)/b17-12-. The second-order valence-corrected chi connectivity index (χ2v) is 9.62. The summed E-state index contributed by atoms with van der Waals surface area (Å²) in [6.45, 7) is 2.15. The lowest BCUT2D eigenvalue weighted by Gasteiger charge is -2.59. The fraction of sp³-hybridized carbons (Fsp3) is 0.545. The van der Waals surface area contributed by atoms with Crippen LogP contribution in [-0.2, 0) is 4.79 Å². The number of hydrogen-bond donors (Lipinski definition) is 2. The van der Waals surface area contributed by atoms with Crippen molar-refractivity contribution in [3.8, 4) is 6.07 Å². The summed E-state index contributed by atoms with van der Waals surface area (Å²) in [4.78, 5) is 23.0. The highest BCUT2D eigenvalue weighted by Crippen LogP contribution is 2.61. The van der Waals surface area contributed by atoms with Crippen LogP contribution in [0.25, 0.3) is 0 Å². The quantitative estimate of drug-likeness (QED) is 0.293. The number of rotatable bonds is 6. The van der Waals surface area contributed by atoms with Crippen molar-refractivity contribution in [3.05, 3.63) is 45.1 Å². The molecule has 1 atom stereocenters. The van der Waals surface area contributed by atoms with Gasteiger partial charge in [-0.15, -0.1) is 0 Å². The van der Waals surface area contributed by atoms with Gasteiger partial charge in [0.25, 0.3) is 11.6 Å². The molecule has 1 aromatic carbocycles. The summed E-state index contributed by atoms with van der Waals surface area (Å²) in [6, 6.07) is 5.87. The Labute approximate surface area is 180 Å². The Kier molecular flexibility index (Phi) is 5.46. The average molecular weight is 429 g/mol. The normalized spacial score (nSPS) is 30.4.